The maximum atomic E-state index is 9.23. The number of allylic oxidation sites excluding steroid dienone is 2. The highest BCUT2D eigenvalue weighted by Gasteiger charge is 2.37. The highest BCUT2D eigenvalue weighted by molar-refractivity contribution is 5.03. The summed E-state index contributed by atoms with van der Waals surface area (Å²) in [5.74, 6) is 1.24. The van der Waals surface area contributed by atoms with E-state index in [0.29, 0.717) is 11.8 Å². The fraction of sp³-hybridized carbons (Fsp3) is 0.818. The molecule has 1 aliphatic carbocycles. The maximum Gasteiger partial charge on any atom is 0.0546 e. The van der Waals surface area contributed by atoms with Gasteiger partial charge in [0.05, 0.1) is 6.10 Å². The van der Waals surface area contributed by atoms with Crippen molar-refractivity contribution in [2.45, 2.75) is 45.6 Å². The second kappa shape index (κ2) is 4.66. The molecule has 0 spiro atoms. The van der Waals surface area contributed by atoms with Crippen molar-refractivity contribution < 1.29 is 5.11 Å². The zero-order valence-corrected chi connectivity index (χ0v) is 8.16. The second-order valence-corrected chi connectivity index (χ2v) is 3.87. The Bertz CT molecular complexity index is 149. The Labute approximate surface area is 75.5 Å². The molecule has 12 heavy (non-hydrogen) atoms. The van der Waals surface area contributed by atoms with Gasteiger partial charge in [-0.2, -0.15) is 0 Å². The molecule has 0 radical (unpaired) electrons. The van der Waals surface area contributed by atoms with E-state index in [4.69, 9.17) is 0 Å². The van der Waals surface area contributed by atoms with Crippen molar-refractivity contribution in [1.82, 2.24) is 0 Å². The minimum absolute atomic E-state index is 0.106. The molecule has 0 aromatic carbocycles. The van der Waals surface area contributed by atoms with Crippen LogP contribution in [0.3, 0.4) is 0 Å². The molecule has 1 aliphatic rings. The number of unbranched alkanes of at least 4 members (excludes halogenated alkanes) is 2. The maximum absolute atomic E-state index is 9.23. The summed E-state index contributed by atoms with van der Waals surface area (Å²) in [6, 6.07) is 0. The van der Waals surface area contributed by atoms with Crippen LogP contribution in [0.15, 0.2) is 12.2 Å². The monoisotopic (exact) mass is 168 g/mol. The van der Waals surface area contributed by atoms with E-state index in [2.05, 4.69) is 19.1 Å². The van der Waals surface area contributed by atoms with Gasteiger partial charge >= 0.3 is 0 Å². The number of aliphatic hydroxyl groups excluding tert-OH is 1. The number of aliphatic hydroxyl groups is 1. The van der Waals surface area contributed by atoms with E-state index < -0.39 is 0 Å². The predicted octanol–water partition coefficient (Wildman–Crippen LogP) is 2.75. The Balaban J connectivity index is 2.06. The molecule has 1 nitrogen and oxygen atoms in total. The standard InChI is InChI=1S/C11H20O/c1-3-4-5-6-7-10-8-11(10)9(2)12/h6-7,9-12H,3-5,8H2,1-2H3/b7-6+/t9-,10+,11+/m1/s1. The predicted molar refractivity (Wildman–Crippen MR) is 51.9 cm³/mol. The van der Waals surface area contributed by atoms with Gasteiger partial charge in [-0.25, -0.2) is 0 Å². The van der Waals surface area contributed by atoms with E-state index in [1.54, 1.807) is 0 Å². The molecule has 70 valence electrons. The van der Waals surface area contributed by atoms with Crippen LogP contribution in [0.2, 0.25) is 0 Å². The highest BCUT2D eigenvalue weighted by atomic mass is 16.3. The summed E-state index contributed by atoms with van der Waals surface area (Å²) in [5.41, 5.74) is 0. The Hall–Kier alpha value is -0.300. The van der Waals surface area contributed by atoms with Gasteiger partial charge in [0.1, 0.15) is 0 Å². The van der Waals surface area contributed by atoms with Gasteiger partial charge in [-0.05, 0) is 31.6 Å². The molecular weight excluding hydrogens is 148 g/mol. The molecule has 1 heteroatoms. The third-order valence-corrected chi connectivity index (χ3v) is 2.62. The van der Waals surface area contributed by atoms with Gasteiger partial charge in [0.15, 0.2) is 0 Å². The lowest BCUT2D eigenvalue weighted by atomic mass is 10.2. The van der Waals surface area contributed by atoms with Crippen molar-refractivity contribution in [2.24, 2.45) is 11.8 Å². The van der Waals surface area contributed by atoms with Crippen molar-refractivity contribution in [3.05, 3.63) is 12.2 Å². The summed E-state index contributed by atoms with van der Waals surface area (Å²) < 4.78 is 0. The van der Waals surface area contributed by atoms with Gasteiger partial charge < -0.3 is 5.11 Å². The van der Waals surface area contributed by atoms with Crippen LogP contribution in [0.25, 0.3) is 0 Å². The van der Waals surface area contributed by atoms with Gasteiger partial charge in [0, 0.05) is 0 Å². The molecule has 0 saturated heterocycles. The number of hydrogen-bond acceptors (Lipinski definition) is 1. The lowest BCUT2D eigenvalue weighted by Crippen LogP contribution is -2.02. The average molecular weight is 168 g/mol. The normalized spacial score (nSPS) is 30.9. The summed E-state index contributed by atoms with van der Waals surface area (Å²) >= 11 is 0. The Morgan fingerprint density at radius 1 is 1.58 bits per heavy atom. The van der Waals surface area contributed by atoms with E-state index >= 15 is 0 Å². The zero-order chi connectivity index (χ0) is 8.97. The number of rotatable bonds is 5. The molecule has 3 atom stereocenters. The Morgan fingerprint density at radius 3 is 2.83 bits per heavy atom. The molecule has 0 amide bonds. The van der Waals surface area contributed by atoms with E-state index in [1.807, 2.05) is 6.92 Å². The molecule has 1 saturated carbocycles. The first-order valence-corrected chi connectivity index (χ1v) is 5.10. The lowest BCUT2D eigenvalue weighted by molar-refractivity contribution is 0.167. The minimum atomic E-state index is -0.106. The molecule has 0 aromatic rings. The molecule has 0 heterocycles. The first kappa shape index (κ1) is 9.79. The van der Waals surface area contributed by atoms with Gasteiger partial charge in [0.2, 0.25) is 0 Å². The fourth-order valence-electron chi connectivity index (χ4n) is 1.60. The largest absolute Gasteiger partial charge is 0.393 e. The molecular formula is C11H20O. The van der Waals surface area contributed by atoms with Gasteiger partial charge in [-0.1, -0.05) is 31.9 Å². The lowest BCUT2D eigenvalue weighted by Gasteiger charge is -1.98. The van der Waals surface area contributed by atoms with Crippen molar-refractivity contribution in [3.8, 4) is 0 Å². The molecule has 1 N–H and O–H groups in total. The van der Waals surface area contributed by atoms with E-state index in [9.17, 15) is 5.11 Å². The summed E-state index contributed by atoms with van der Waals surface area (Å²) in [6.07, 6.45) is 9.42. The highest BCUT2D eigenvalue weighted by Crippen LogP contribution is 2.42. The van der Waals surface area contributed by atoms with Crippen LogP contribution in [-0.2, 0) is 0 Å². The molecule has 0 aliphatic heterocycles. The summed E-state index contributed by atoms with van der Waals surface area (Å²) in [6.45, 7) is 4.11. The molecule has 0 aromatic heterocycles. The topological polar surface area (TPSA) is 20.2 Å². The molecule has 0 unspecified atom stereocenters. The third-order valence-electron chi connectivity index (χ3n) is 2.62. The Morgan fingerprint density at radius 2 is 2.33 bits per heavy atom. The van der Waals surface area contributed by atoms with Crippen molar-refractivity contribution >= 4 is 0 Å². The smallest absolute Gasteiger partial charge is 0.0546 e. The van der Waals surface area contributed by atoms with E-state index in [0.717, 1.165) is 0 Å². The fourth-order valence-corrected chi connectivity index (χ4v) is 1.60. The SMILES string of the molecule is CCCC/C=C/[C@H]1C[C@H]1[C@@H](C)O. The van der Waals surface area contributed by atoms with Crippen LogP contribution in [0, 0.1) is 11.8 Å². The van der Waals surface area contributed by atoms with Gasteiger partial charge in [-0.3, -0.25) is 0 Å². The van der Waals surface area contributed by atoms with Crippen LogP contribution in [0.4, 0.5) is 0 Å². The van der Waals surface area contributed by atoms with Crippen LogP contribution in [-0.4, -0.2) is 11.2 Å². The Kier molecular flexibility index (Phi) is 3.80. The first-order chi connectivity index (χ1) is 5.75. The van der Waals surface area contributed by atoms with E-state index in [1.165, 1.54) is 25.7 Å². The minimum Gasteiger partial charge on any atom is -0.393 e. The summed E-state index contributed by atoms with van der Waals surface area (Å²) in [4.78, 5) is 0. The average Bonchev–Trinajstić information content (AvgIpc) is 2.77. The van der Waals surface area contributed by atoms with Crippen LogP contribution < -0.4 is 0 Å². The van der Waals surface area contributed by atoms with Gasteiger partial charge in [-0.15, -0.1) is 0 Å². The molecule has 1 rings (SSSR count). The van der Waals surface area contributed by atoms with Crippen molar-refractivity contribution in [3.63, 3.8) is 0 Å². The zero-order valence-electron chi connectivity index (χ0n) is 8.16. The second-order valence-electron chi connectivity index (χ2n) is 3.87. The van der Waals surface area contributed by atoms with E-state index in [-0.39, 0.29) is 6.10 Å². The molecule has 1 fully saturated rings. The van der Waals surface area contributed by atoms with Crippen LogP contribution >= 0.6 is 0 Å². The first-order valence-electron chi connectivity index (χ1n) is 5.10. The van der Waals surface area contributed by atoms with Crippen LogP contribution in [0.1, 0.15) is 39.5 Å². The van der Waals surface area contributed by atoms with Crippen molar-refractivity contribution in [2.75, 3.05) is 0 Å². The third kappa shape index (κ3) is 2.98. The summed E-state index contributed by atoms with van der Waals surface area (Å²) in [5, 5.41) is 9.23. The quantitative estimate of drug-likeness (QED) is 0.494. The van der Waals surface area contributed by atoms with Gasteiger partial charge in [0.25, 0.3) is 0 Å². The number of hydrogen-bond donors (Lipinski definition) is 1. The van der Waals surface area contributed by atoms with Crippen LogP contribution in [0.5, 0.6) is 0 Å². The molecule has 0 bridgehead atoms. The van der Waals surface area contributed by atoms with Crippen molar-refractivity contribution in [1.29, 1.82) is 0 Å². The summed E-state index contributed by atoms with van der Waals surface area (Å²) in [7, 11) is 0.